The minimum absolute atomic E-state index is 0.0419. The second kappa shape index (κ2) is 6.27. The van der Waals surface area contributed by atoms with Crippen molar-refractivity contribution in [3.05, 3.63) is 29.0 Å². The van der Waals surface area contributed by atoms with E-state index in [0.29, 0.717) is 23.1 Å². The highest BCUT2D eigenvalue weighted by Gasteiger charge is 2.30. The Balaban J connectivity index is 2.18. The predicted octanol–water partition coefficient (Wildman–Crippen LogP) is 2.23. The van der Waals surface area contributed by atoms with Gasteiger partial charge in [-0.3, -0.25) is 9.48 Å². The molecule has 1 aromatic heterocycles. The maximum absolute atomic E-state index is 12.0. The van der Waals surface area contributed by atoms with E-state index in [1.807, 2.05) is 6.92 Å². The van der Waals surface area contributed by atoms with Crippen LogP contribution in [0.25, 0.3) is 0 Å². The Morgan fingerprint density at radius 3 is 2.54 bits per heavy atom. The molecule has 1 amide bonds. The quantitative estimate of drug-likeness (QED) is 0.884. The van der Waals surface area contributed by atoms with Gasteiger partial charge in [0.05, 0.1) is 30.9 Å². The monoisotopic (exact) mass is 349 g/mol. The van der Waals surface area contributed by atoms with E-state index in [1.165, 1.54) is 26.0 Å². The van der Waals surface area contributed by atoms with Gasteiger partial charge in [0.25, 0.3) is 0 Å². The van der Waals surface area contributed by atoms with E-state index in [9.17, 15) is 9.90 Å². The molecule has 0 aliphatic carbocycles. The zero-order valence-corrected chi connectivity index (χ0v) is 14.7. The second-order valence-electron chi connectivity index (χ2n) is 5.48. The van der Waals surface area contributed by atoms with Crippen molar-refractivity contribution in [3.63, 3.8) is 0 Å². The Bertz CT molecular complexity index is 778. The van der Waals surface area contributed by atoms with E-state index in [4.69, 9.17) is 9.47 Å². The van der Waals surface area contributed by atoms with Crippen LogP contribution < -0.4 is 14.8 Å². The molecule has 2 aromatic rings. The van der Waals surface area contributed by atoms with E-state index >= 15 is 0 Å². The Hall–Kier alpha value is -2.35. The van der Waals surface area contributed by atoms with Crippen molar-refractivity contribution in [2.45, 2.75) is 12.2 Å². The lowest BCUT2D eigenvalue weighted by Gasteiger charge is -2.18. The number of rotatable bonds is 3. The first kappa shape index (κ1) is 16.5. The van der Waals surface area contributed by atoms with Crippen LogP contribution >= 0.6 is 11.8 Å². The SMILES string of the molecule is COc1cc([C@@H]2SCC(=O)Nc3c2c(C)nn3C)cc(OC)c1O. The van der Waals surface area contributed by atoms with Gasteiger partial charge in [0, 0.05) is 12.6 Å². The topological polar surface area (TPSA) is 85.6 Å². The predicted molar refractivity (Wildman–Crippen MR) is 92.1 cm³/mol. The lowest BCUT2D eigenvalue weighted by molar-refractivity contribution is -0.113. The van der Waals surface area contributed by atoms with Crippen LogP contribution in [-0.2, 0) is 11.8 Å². The Kier molecular flexibility index (Phi) is 4.31. The van der Waals surface area contributed by atoms with Gasteiger partial charge < -0.3 is 19.9 Å². The fourth-order valence-corrected chi connectivity index (χ4v) is 4.04. The van der Waals surface area contributed by atoms with Crippen molar-refractivity contribution < 1.29 is 19.4 Å². The number of aromatic nitrogens is 2. The van der Waals surface area contributed by atoms with E-state index in [0.717, 1.165) is 16.8 Å². The minimum atomic E-state index is -0.129. The highest BCUT2D eigenvalue weighted by Crippen LogP contribution is 2.47. The van der Waals surface area contributed by atoms with Gasteiger partial charge in [0.15, 0.2) is 11.5 Å². The summed E-state index contributed by atoms with van der Waals surface area (Å²) in [6, 6.07) is 3.53. The van der Waals surface area contributed by atoms with Crippen molar-refractivity contribution >= 4 is 23.5 Å². The first-order valence-electron chi connectivity index (χ1n) is 7.36. The lowest BCUT2D eigenvalue weighted by atomic mass is 10.0. The largest absolute Gasteiger partial charge is 0.502 e. The molecule has 3 rings (SSSR count). The molecular formula is C16H19N3O4S. The number of nitrogens with zero attached hydrogens (tertiary/aromatic N) is 2. The molecule has 0 spiro atoms. The van der Waals surface area contributed by atoms with Crippen LogP contribution in [-0.4, -0.2) is 40.8 Å². The number of hydrogen-bond acceptors (Lipinski definition) is 6. The number of fused-ring (bicyclic) bond motifs is 1. The molecule has 2 N–H and O–H groups in total. The molecule has 24 heavy (non-hydrogen) atoms. The number of methoxy groups -OCH3 is 2. The van der Waals surface area contributed by atoms with Gasteiger partial charge in [-0.15, -0.1) is 11.8 Å². The van der Waals surface area contributed by atoms with Crippen LogP contribution in [0, 0.1) is 6.92 Å². The summed E-state index contributed by atoms with van der Waals surface area (Å²) in [5, 5.41) is 17.3. The molecule has 2 heterocycles. The molecule has 1 aromatic carbocycles. The van der Waals surface area contributed by atoms with Gasteiger partial charge in [-0.05, 0) is 24.6 Å². The summed E-state index contributed by atoms with van der Waals surface area (Å²) in [7, 11) is 4.78. The fourth-order valence-electron chi connectivity index (χ4n) is 2.88. The van der Waals surface area contributed by atoms with Crippen molar-refractivity contribution in [2.75, 3.05) is 25.3 Å². The van der Waals surface area contributed by atoms with E-state index in [1.54, 1.807) is 23.9 Å². The Morgan fingerprint density at radius 2 is 1.96 bits per heavy atom. The Morgan fingerprint density at radius 1 is 1.33 bits per heavy atom. The molecule has 128 valence electrons. The smallest absolute Gasteiger partial charge is 0.235 e. The number of phenolic OH excluding ortho intramolecular Hbond substituents is 1. The molecule has 0 fully saturated rings. The number of aryl methyl sites for hydroxylation is 2. The summed E-state index contributed by atoms with van der Waals surface area (Å²) in [6.07, 6.45) is 0. The van der Waals surface area contributed by atoms with E-state index in [2.05, 4.69) is 10.4 Å². The number of ether oxygens (including phenoxy) is 2. The molecule has 7 nitrogen and oxygen atoms in total. The summed E-state index contributed by atoms with van der Waals surface area (Å²) in [6.45, 7) is 1.92. The van der Waals surface area contributed by atoms with Gasteiger partial charge >= 0.3 is 0 Å². The van der Waals surface area contributed by atoms with Crippen LogP contribution in [0.15, 0.2) is 12.1 Å². The molecule has 0 saturated carbocycles. The zero-order valence-electron chi connectivity index (χ0n) is 13.9. The number of carbonyl (C=O) groups excluding carboxylic acids is 1. The third kappa shape index (κ3) is 2.66. The first-order chi connectivity index (χ1) is 11.5. The number of thioether (sulfide) groups is 1. The second-order valence-corrected chi connectivity index (χ2v) is 6.58. The van der Waals surface area contributed by atoms with Crippen LogP contribution in [0.2, 0.25) is 0 Å². The molecule has 1 aliphatic heterocycles. The minimum Gasteiger partial charge on any atom is -0.502 e. The van der Waals surface area contributed by atoms with Crippen LogP contribution in [0.1, 0.15) is 22.1 Å². The number of aromatic hydroxyl groups is 1. The highest BCUT2D eigenvalue weighted by molar-refractivity contribution is 8.00. The first-order valence-corrected chi connectivity index (χ1v) is 8.41. The molecule has 0 unspecified atom stereocenters. The van der Waals surface area contributed by atoms with Crippen LogP contribution in [0.4, 0.5) is 5.82 Å². The highest BCUT2D eigenvalue weighted by atomic mass is 32.2. The number of anilines is 1. The number of amides is 1. The standard InChI is InChI=1S/C16H19N3O4S/c1-8-13-15(24-7-12(20)17-16(13)19(2)18-8)9-5-10(22-3)14(21)11(6-9)23-4/h5-6,15,21H,7H2,1-4H3,(H,17,20)/t15-/m0/s1. The average Bonchev–Trinajstić information content (AvgIpc) is 2.73. The summed E-state index contributed by atoms with van der Waals surface area (Å²) in [5.74, 6) is 1.57. The number of benzene rings is 1. The van der Waals surface area contributed by atoms with Gasteiger partial charge in [-0.1, -0.05) is 0 Å². The van der Waals surface area contributed by atoms with Gasteiger partial charge in [-0.2, -0.15) is 5.10 Å². The number of phenols is 1. The molecule has 1 aliphatic rings. The normalized spacial score (nSPS) is 17.0. The van der Waals surface area contributed by atoms with Crippen molar-refractivity contribution in [2.24, 2.45) is 7.05 Å². The molecule has 0 radical (unpaired) electrons. The Labute approximate surface area is 144 Å². The maximum atomic E-state index is 12.0. The summed E-state index contributed by atoms with van der Waals surface area (Å²) in [4.78, 5) is 12.0. The number of hydrogen-bond donors (Lipinski definition) is 2. The lowest BCUT2D eigenvalue weighted by Crippen LogP contribution is -2.15. The van der Waals surface area contributed by atoms with Gasteiger partial charge in [0.2, 0.25) is 11.7 Å². The molecule has 0 saturated heterocycles. The maximum Gasteiger partial charge on any atom is 0.235 e. The number of nitrogens with one attached hydrogen (secondary N) is 1. The third-order valence-corrected chi connectivity index (χ3v) is 5.24. The molecule has 0 bridgehead atoms. The molecule has 1 atom stereocenters. The summed E-state index contributed by atoms with van der Waals surface area (Å²) in [5.41, 5.74) is 2.67. The van der Waals surface area contributed by atoms with E-state index < -0.39 is 0 Å². The van der Waals surface area contributed by atoms with Gasteiger partial charge in [-0.25, -0.2) is 0 Å². The zero-order chi connectivity index (χ0) is 17.4. The third-order valence-electron chi connectivity index (χ3n) is 3.97. The van der Waals surface area contributed by atoms with Crippen molar-refractivity contribution in [1.29, 1.82) is 0 Å². The van der Waals surface area contributed by atoms with Crippen LogP contribution in [0.5, 0.6) is 17.2 Å². The molecular weight excluding hydrogens is 330 g/mol. The molecule has 8 heteroatoms. The summed E-state index contributed by atoms with van der Waals surface area (Å²) < 4.78 is 12.2. The van der Waals surface area contributed by atoms with Crippen molar-refractivity contribution in [1.82, 2.24) is 9.78 Å². The van der Waals surface area contributed by atoms with Crippen molar-refractivity contribution in [3.8, 4) is 17.2 Å². The average molecular weight is 349 g/mol. The number of carbonyl (C=O) groups is 1. The fraction of sp³-hybridized carbons (Fsp3) is 0.375. The van der Waals surface area contributed by atoms with E-state index in [-0.39, 0.29) is 16.9 Å². The summed E-state index contributed by atoms with van der Waals surface area (Å²) >= 11 is 1.50. The van der Waals surface area contributed by atoms with Crippen LogP contribution in [0.3, 0.4) is 0 Å². The van der Waals surface area contributed by atoms with Gasteiger partial charge in [0.1, 0.15) is 5.82 Å².